The molecule has 2 rings (SSSR count). The Kier molecular flexibility index (Phi) is 10.6. The average molecular weight is 450 g/mol. The molecule has 9 heteroatoms. The molecule has 0 radical (unpaired) electrons. The lowest BCUT2D eigenvalue weighted by molar-refractivity contribution is -0.147. The number of urea groups is 1. The summed E-state index contributed by atoms with van der Waals surface area (Å²) in [6.45, 7) is 0.422. The third kappa shape index (κ3) is 8.64. The summed E-state index contributed by atoms with van der Waals surface area (Å²) < 4.78 is 15.3. The number of carbonyl (C=O) groups excluding carboxylic acids is 3. The molecular weight excluding hydrogens is 414 g/mol. The van der Waals surface area contributed by atoms with E-state index in [4.69, 9.17) is 14.2 Å². The SMILES string of the molecule is COC(=O)CN(Cc1cc(OC)cc(OC)c1)C(=O)CCCNC(=O)NC1CCCCC1. The second-order valence-corrected chi connectivity index (χ2v) is 7.89. The lowest BCUT2D eigenvalue weighted by Gasteiger charge is -2.23. The molecule has 1 aromatic carbocycles. The van der Waals surface area contributed by atoms with Crippen molar-refractivity contribution in [3.63, 3.8) is 0 Å². The Morgan fingerprint density at radius 2 is 1.66 bits per heavy atom. The molecule has 1 aromatic rings. The molecule has 2 N–H and O–H groups in total. The van der Waals surface area contributed by atoms with Crippen molar-refractivity contribution in [2.24, 2.45) is 0 Å². The lowest BCUT2D eigenvalue weighted by Crippen LogP contribution is -2.43. The van der Waals surface area contributed by atoms with Gasteiger partial charge in [-0.05, 0) is 37.0 Å². The fraction of sp³-hybridized carbons (Fsp3) is 0.609. The first-order valence-electron chi connectivity index (χ1n) is 11.1. The van der Waals surface area contributed by atoms with E-state index in [-0.39, 0.29) is 37.5 Å². The second-order valence-electron chi connectivity index (χ2n) is 7.89. The van der Waals surface area contributed by atoms with Gasteiger partial charge < -0.3 is 29.7 Å². The summed E-state index contributed by atoms with van der Waals surface area (Å²) in [5.41, 5.74) is 0.767. The summed E-state index contributed by atoms with van der Waals surface area (Å²) in [5, 5.41) is 5.80. The fourth-order valence-corrected chi connectivity index (χ4v) is 3.71. The molecule has 1 aliphatic carbocycles. The largest absolute Gasteiger partial charge is 0.497 e. The number of rotatable bonds is 11. The highest BCUT2D eigenvalue weighted by atomic mass is 16.5. The van der Waals surface area contributed by atoms with Crippen LogP contribution in [0.4, 0.5) is 4.79 Å². The molecule has 0 saturated heterocycles. The zero-order valence-electron chi connectivity index (χ0n) is 19.3. The molecule has 0 heterocycles. The number of carbonyl (C=O) groups is 3. The Morgan fingerprint density at radius 1 is 1.00 bits per heavy atom. The van der Waals surface area contributed by atoms with Crippen molar-refractivity contribution >= 4 is 17.9 Å². The van der Waals surface area contributed by atoms with Gasteiger partial charge in [-0.3, -0.25) is 9.59 Å². The van der Waals surface area contributed by atoms with E-state index in [1.54, 1.807) is 32.4 Å². The van der Waals surface area contributed by atoms with Gasteiger partial charge in [0.25, 0.3) is 0 Å². The molecule has 0 atom stereocenters. The summed E-state index contributed by atoms with van der Waals surface area (Å²) in [4.78, 5) is 38.1. The zero-order chi connectivity index (χ0) is 23.3. The number of methoxy groups -OCH3 is 3. The molecule has 32 heavy (non-hydrogen) atoms. The van der Waals surface area contributed by atoms with Gasteiger partial charge in [0.2, 0.25) is 5.91 Å². The lowest BCUT2D eigenvalue weighted by atomic mass is 9.96. The summed E-state index contributed by atoms with van der Waals surface area (Å²) >= 11 is 0. The van der Waals surface area contributed by atoms with E-state index in [0.717, 1.165) is 31.2 Å². The minimum absolute atomic E-state index is 0.162. The predicted octanol–water partition coefficient (Wildman–Crippen LogP) is 2.62. The van der Waals surface area contributed by atoms with Crippen LogP contribution in [0.1, 0.15) is 50.5 Å². The van der Waals surface area contributed by atoms with E-state index in [0.29, 0.717) is 24.5 Å². The van der Waals surface area contributed by atoms with Crippen LogP contribution in [-0.2, 0) is 20.9 Å². The smallest absolute Gasteiger partial charge is 0.325 e. The molecule has 3 amide bonds. The van der Waals surface area contributed by atoms with Crippen LogP contribution in [0.2, 0.25) is 0 Å². The number of hydrogen-bond acceptors (Lipinski definition) is 6. The standard InChI is InChI=1S/C23H35N3O6/c1-30-19-12-17(13-20(14-19)31-2)15-26(16-22(28)32-3)21(27)10-7-11-24-23(29)25-18-8-5-4-6-9-18/h12-14,18H,4-11,15-16H2,1-3H3,(H2,24,25,29). The maximum absolute atomic E-state index is 12.8. The fourth-order valence-electron chi connectivity index (χ4n) is 3.71. The Morgan fingerprint density at radius 3 is 2.25 bits per heavy atom. The molecule has 178 valence electrons. The predicted molar refractivity (Wildman–Crippen MR) is 120 cm³/mol. The van der Waals surface area contributed by atoms with E-state index in [2.05, 4.69) is 10.6 Å². The molecule has 1 aliphatic rings. The number of amides is 3. The van der Waals surface area contributed by atoms with Crippen LogP contribution in [0.15, 0.2) is 18.2 Å². The van der Waals surface area contributed by atoms with Gasteiger partial charge in [-0.1, -0.05) is 19.3 Å². The summed E-state index contributed by atoms with van der Waals surface area (Å²) in [5.74, 6) is 0.487. The maximum atomic E-state index is 12.8. The van der Waals surface area contributed by atoms with Gasteiger partial charge in [0, 0.05) is 31.6 Å². The van der Waals surface area contributed by atoms with E-state index >= 15 is 0 Å². The van der Waals surface area contributed by atoms with Crippen molar-refractivity contribution in [1.29, 1.82) is 0 Å². The highest BCUT2D eigenvalue weighted by Crippen LogP contribution is 2.23. The second kappa shape index (κ2) is 13.4. The minimum atomic E-state index is -0.502. The van der Waals surface area contributed by atoms with Gasteiger partial charge in [-0.15, -0.1) is 0 Å². The van der Waals surface area contributed by atoms with E-state index in [1.807, 2.05) is 0 Å². The van der Waals surface area contributed by atoms with Crippen LogP contribution in [0.3, 0.4) is 0 Å². The van der Waals surface area contributed by atoms with Crippen LogP contribution >= 0.6 is 0 Å². The molecule has 0 aliphatic heterocycles. The van der Waals surface area contributed by atoms with Crippen molar-refractivity contribution in [1.82, 2.24) is 15.5 Å². The van der Waals surface area contributed by atoms with Gasteiger partial charge in [0.05, 0.1) is 21.3 Å². The molecule has 0 bridgehead atoms. The van der Waals surface area contributed by atoms with Gasteiger partial charge in [-0.25, -0.2) is 4.79 Å². The van der Waals surface area contributed by atoms with Gasteiger partial charge in [0.1, 0.15) is 18.0 Å². The molecule has 1 saturated carbocycles. The Hall–Kier alpha value is -2.97. The summed E-state index contributed by atoms with van der Waals surface area (Å²) in [6, 6.07) is 5.36. The van der Waals surface area contributed by atoms with Gasteiger partial charge >= 0.3 is 12.0 Å². The van der Waals surface area contributed by atoms with Crippen molar-refractivity contribution in [3.8, 4) is 11.5 Å². The minimum Gasteiger partial charge on any atom is -0.497 e. The number of nitrogens with one attached hydrogen (secondary N) is 2. The number of benzene rings is 1. The van der Waals surface area contributed by atoms with Crippen LogP contribution in [0.5, 0.6) is 11.5 Å². The average Bonchev–Trinajstić information content (AvgIpc) is 2.81. The Labute approximate surface area is 189 Å². The van der Waals surface area contributed by atoms with Gasteiger partial charge in [-0.2, -0.15) is 0 Å². The van der Waals surface area contributed by atoms with Crippen molar-refractivity contribution < 1.29 is 28.6 Å². The van der Waals surface area contributed by atoms with Crippen LogP contribution in [-0.4, -0.2) is 63.3 Å². The molecule has 0 aromatic heterocycles. The Balaban J connectivity index is 1.87. The maximum Gasteiger partial charge on any atom is 0.325 e. The van der Waals surface area contributed by atoms with Crippen LogP contribution in [0.25, 0.3) is 0 Å². The monoisotopic (exact) mass is 449 g/mol. The molecule has 1 fully saturated rings. The van der Waals surface area contributed by atoms with Gasteiger partial charge in [0.15, 0.2) is 0 Å². The first kappa shape index (κ1) is 25.3. The third-order valence-electron chi connectivity index (χ3n) is 5.48. The van der Waals surface area contributed by atoms with E-state index < -0.39 is 5.97 Å². The number of nitrogens with zero attached hydrogens (tertiary/aromatic N) is 1. The molecule has 0 unspecified atom stereocenters. The number of ether oxygens (including phenoxy) is 3. The van der Waals surface area contributed by atoms with Crippen molar-refractivity contribution in [2.75, 3.05) is 34.4 Å². The summed E-state index contributed by atoms with van der Waals surface area (Å²) in [6.07, 6.45) is 6.22. The third-order valence-corrected chi connectivity index (χ3v) is 5.48. The molecule has 9 nitrogen and oxygen atoms in total. The van der Waals surface area contributed by atoms with E-state index in [1.165, 1.54) is 18.4 Å². The molecule has 0 spiro atoms. The number of hydrogen-bond donors (Lipinski definition) is 2. The first-order chi connectivity index (χ1) is 15.4. The van der Waals surface area contributed by atoms with Crippen LogP contribution < -0.4 is 20.1 Å². The molecular formula is C23H35N3O6. The summed E-state index contributed by atoms with van der Waals surface area (Å²) in [7, 11) is 4.38. The number of esters is 1. The quantitative estimate of drug-likeness (QED) is 0.397. The van der Waals surface area contributed by atoms with Crippen molar-refractivity contribution in [2.45, 2.75) is 57.5 Å². The Bertz CT molecular complexity index is 742. The normalized spacial score (nSPS) is 13.7. The highest BCUT2D eigenvalue weighted by molar-refractivity contribution is 5.82. The van der Waals surface area contributed by atoms with Crippen molar-refractivity contribution in [3.05, 3.63) is 23.8 Å². The first-order valence-corrected chi connectivity index (χ1v) is 11.1. The van der Waals surface area contributed by atoms with Crippen LogP contribution in [0, 0.1) is 0 Å². The zero-order valence-corrected chi connectivity index (χ0v) is 19.3. The topological polar surface area (TPSA) is 106 Å². The highest BCUT2D eigenvalue weighted by Gasteiger charge is 2.19. The van der Waals surface area contributed by atoms with E-state index in [9.17, 15) is 14.4 Å².